The molecule has 3 heterocycles. The molecule has 2 fully saturated rings. The third-order valence-electron chi connectivity index (χ3n) is 3.94. The molecule has 2 aliphatic heterocycles. The molecule has 2 N–H and O–H groups in total. The fraction of sp³-hybridized carbons (Fsp3) is 0.846. The van der Waals surface area contributed by atoms with Gasteiger partial charge in [0.25, 0.3) is 0 Å². The van der Waals surface area contributed by atoms with E-state index in [9.17, 15) is 0 Å². The van der Waals surface area contributed by atoms with Crippen LogP contribution >= 0.6 is 0 Å². The number of ether oxygens (including phenoxy) is 1. The molecule has 0 radical (unpaired) electrons. The van der Waals surface area contributed by atoms with Gasteiger partial charge in [0.2, 0.25) is 5.89 Å². The Labute approximate surface area is 107 Å². The monoisotopic (exact) mass is 251 g/mol. The van der Waals surface area contributed by atoms with E-state index in [1.54, 1.807) is 0 Å². The largest absolute Gasteiger partial charge is 0.374 e. The Morgan fingerprint density at radius 2 is 2.22 bits per heavy atom. The number of fused-ring (bicyclic) bond motifs is 2. The third kappa shape index (κ3) is 2.17. The fourth-order valence-corrected chi connectivity index (χ4v) is 3.07. The Morgan fingerprint density at radius 1 is 1.39 bits per heavy atom. The Balaban J connectivity index is 1.70. The summed E-state index contributed by atoms with van der Waals surface area (Å²) in [6, 6.07) is -0.147. The summed E-state index contributed by atoms with van der Waals surface area (Å²) in [5.41, 5.74) is 6.06. The van der Waals surface area contributed by atoms with Crippen molar-refractivity contribution < 1.29 is 9.26 Å². The number of nitrogens with zero attached hydrogens (tertiary/aromatic N) is 2. The molecule has 0 spiro atoms. The molecule has 0 amide bonds. The predicted octanol–water partition coefficient (Wildman–Crippen LogP) is 2.15. The van der Waals surface area contributed by atoms with Gasteiger partial charge in [-0.2, -0.15) is 4.98 Å². The van der Waals surface area contributed by atoms with Gasteiger partial charge in [-0.3, -0.25) is 0 Å². The molecule has 4 atom stereocenters. The van der Waals surface area contributed by atoms with Crippen LogP contribution in [0.2, 0.25) is 0 Å². The third-order valence-corrected chi connectivity index (χ3v) is 3.94. The average molecular weight is 251 g/mol. The summed E-state index contributed by atoms with van der Waals surface area (Å²) in [5, 5.41) is 4.10. The first-order chi connectivity index (χ1) is 8.63. The lowest BCUT2D eigenvalue weighted by Crippen LogP contribution is -2.17. The quantitative estimate of drug-likeness (QED) is 0.887. The molecule has 5 nitrogen and oxygen atoms in total. The first-order valence-electron chi connectivity index (χ1n) is 6.88. The molecular formula is C13H21N3O2. The molecule has 2 aliphatic rings. The number of hydrogen-bond acceptors (Lipinski definition) is 5. The van der Waals surface area contributed by atoms with Crippen LogP contribution in [0.15, 0.2) is 4.52 Å². The van der Waals surface area contributed by atoms with Gasteiger partial charge in [-0.1, -0.05) is 19.0 Å². The molecule has 2 bridgehead atoms. The zero-order valence-electron chi connectivity index (χ0n) is 11.0. The van der Waals surface area contributed by atoms with E-state index >= 15 is 0 Å². The number of hydrogen-bond donors (Lipinski definition) is 1. The molecule has 0 aromatic carbocycles. The topological polar surface area (TPSA) is 74.2 Å². The molecule has 3 unspecified atom stereocenters. The molecule has 1 aromatic heterocycles. The van der Waals surface area contributed by atoms with Gasteiger partial charge in [0, 0.05) is 0 Å². The van der Waals surface area contributed by atoms with Crippen LogP contribution in [-0.2, 0) is 4.74 Å². The van der Waals surface area contributed by atoms with E-state index in [1.807, 2.05) is 0 Å². The summed E-state index contributed by atoms with van der Waals surface area (Å²) in [4.78, 5) is 4.48. The lowest BCUT2D eigenvalue weighted by Gasteiger charge is -2.14. The van der Waals surface area contributed by atoms with Crippen molar-refractivity contribution in [2.45, 2.75) is 63.7 Å². The van der Waals surface area contributed by atoms with Gasteiger partial charge in [-0.15, -0.1) is 0 Å². The maximum Gasteiger partial charge on any atom is 0.243 e. The van der Waals surface area contributed by atoms with Crippen molar-refractivity contribution in [2.24, 2.45) is 11.7 Å². The van der Waals surface area contributed by atoms with E-state index in [2.05, 4.69) is 24.0 Å². The summed E-state index contributed by atoms with van der Waals surface area (Å²) < 4.78 is 11.1. The number of aromatic nitrogens is 2. The standard InChI is InChI=1S/C13H21N3O2/c1-7(2)5-10(14)13-15-12(16-18-13)9-6-8-3-4-11(9)17-8/h7-11H,3-6,14H2,1-2H3/t8?,9?,10-,11?/m0/s1. The van der Waals surface area contributed by atoms with Crippen molar-refractivity contribution in [3.05, 3.63) is 11.7 Å². The van der Waals surface area contributed by atoms with Crippen molar-refractivity contribution in [1.29, 1.82) is 0 Å². The molecular weight excluding hydrogens is 230 g/mol. The van der Waals surface area contributed by atoms with Gasteiger partial charge in [0.05, 0.1) is 24.2 Å². The average Bonchev–Trinajstić information content (AvgIpc) is 3.03. The molecule has 0 saturated carbocycles. The number of nitrogens with two attached hydrogens (primary N) is 1. The van der Waals surface area contributed by atoms with Gasteiger partial charge < -0.3 is 15.0 Å². The molecule has 18 heavy (non-hydrogen) atoms. The Bertz CT molecular complexity index is 418. The highest BCUT2D eigenvalue weighted by Crippen LogP contribution is 2.43. The SMILES string of the molecule is CC(C)C[C@H](N)c1nc(C2CC3CCC2O3)no1. The molecule has 2 saturated heterocycles. The van der Waals surface area contributed by atoms with Gasteiger partial charge in [-0.05, 0) is 31.6 Å². The van der Waals surface area contributed by atoms with Crippen LogP contribution in [0.4, 0.5) is 0 Å². The molecule has 0 aliphatic carbocycles. The van der Waals surface area contributed by atoms with E-state index in [0.29, 0.717) is 29.9 Å². The fourth-order valence-electron chi connectivity index (χ4n) is 3.07. The minimum absolute atomic E-state index is 0.147. The van der Waals surface area contributed by atoms with E-state index in [0.717, 1.165) is 25.1 Å². The molecule has 5 heteroatoms. The zero-order valence-corrected chi connectivity index (χ0v) is 11.0. The van der Waals surface area contributed by atoms with Crippen LogP contribution in [0.25, 0.3) is 0 Å². The summed E-state index contributed by atoms with van der Waals surface area (Å²) in [5.74, 6) is 2.20. The predicted molar refractivity (Wildman–Crippen MR) is 65.9 cm³/mol. The van der Waals surface area contributed by atoms with Crippen molar-refractivity contribution in [3.63, 3.8) is 0 Å². The minimum Gasteiger partial charge on any atom is -0.374 e. The van der Waals surface area contributed by atoms with Gasteiger partial charge >= 0.3 is 0 Å². The van der Waals surface area contributed by atoms with Gasteiger partial charge in [0.1, 0.15) is 0 Å². The van der Waals surface area contributed by atoms with Crippen LogP contribution in [0.1, 0.15) is 63.2 Å². The summed E-state index contributed by atoms with van der Waals surface area (Å²) in [7, 11) is 0. The second-order valence-electron chi connectivity index (χ2n) is 5.94. The zero-order chi connectivity index (χ0) is 12.7. The summed E-state index contributed by atoms with van der Waals surface area (Å²) in [6.07, 6.45) is 4.90. The van der Waals surface area contributed by atoms with Gasteiger partial charge in [0.15, 0.2) is 5.82 Å². The van der Waals surface area contributed by atoms with Gasteiger partial charge in [-0.25, -0.2) is 0 Å². The van der Waals surface area contributed by atoms with E-state index in [1.165, 1.54) is 6.42 Å². The highest BCUT2D eigenvalue weighted by molar-refractivity contribution is 5.07. The van der Waals surface area contributed by atoms with Crippen molar-refractivity contribution in [1.82, 2.24) is 10.1 Å². The lowest BCUT2D eigenvalue weighted by molar-refractivity contribution is 0.0996. The van der Waals surface area contributed by atoms with E-state index in [4.69, 9.17) is 15.0 Å². The van der Waals surface area contributed by atoms with Crippen molar-refractivity contribution in [2.75, 3.05) is 0 Å². The van der Waals surface area contributed by atoms with Crippen molar-refractivity contribution >= 4 is 0 Å². The van der Waals surface area contributed by atoms with Crippen LogP contribution in [0.3, 0.4) is 0 Å². The lowest BCUT2D eigenvalue weighted by atomic mass is 9.89. The Morgan fingerprint density at radius 3 is 2.83 bits per heavy atom. The summed E-state index contributed by atoms with van der Waals surface area (Å²) >= 11 is 0. The second-order valence-corrected chi connectivity index (χ2v) is 5.94. The van der Waals surface area contributed by atoms with Crippen LogP contribution < -0.4 is 5.73 Å². The van der Waals surface area contributed by atoms with Crippen LogP contribution in [0.5, 0.6) is 0 Å². The highest BCUT2D eigenvalue weighted by atomic mass is 16.5. The summed E-state index contributed by atoms with van der Waals surface area (Å²) in [6.45, 7) is 4.28. The molecule has 3 rings (SSSR count). The minimum atomic E-state index is -0.147. The maximum atomic E-state index is 6.06. The second kappa shape index (κ2) is 4.63. The maximum absolute atomic E-state index is 6.06. The first kappa shape index (κ1) is 12.1. The van der Waals surface area contributed by atoms with Crippen LogP contribution in [0, 0.1) is 5.92 Å². The first-order valence-corrected chi connectivity index (χ1v) is 6.88. The Hall–Kier alpha value is -0.940. The van der Waals surface area contributed by atoms with E-state index < -0.39 is 0 Å². The van der Waals surface area contributed by atoms with Crippen LogP contribution in [-0.4, -0.2) is 22.3 Å². The highest BCUT2D eigenvalue weighted by Gasteiger charge is 2.43. The number of rotatable bonds is 4. The smallest absolute Gasteiger partial charge is 0.243 e. The Kier molecular flexibility index (Phi) is 3.11. The molecule has 100 valence electrons. The van der Waals surface area contributed by atoms with Crippen molar-refractivity contribution in [3.8, 4) is 0 Å². The molecule has 1 aromatic rings. The normalized spacial score (nSPS) is 32.3. The van der Waals surface area contributed by atoms with E-state index in [-0.39, 0.29) is 6.04 Å².